The molecule has 3 amide bonds. The summed E-state index contributed by atoms with van der Waals surface area (Å²) in [6.45, 7) is 5.58. The SMILES string of the molecule is CCCCN1C(=O)[C@@H]([C@H](O)C2CCCCC2)NC(=O)C12CCN(CCCCOc1ccccc1Oc1ccc(C(=O)NC)cc1)CC2.Cl. The predicted molar refractivity (Wildman–Crippen MR) is 188 cm³/mol. The third-order valence-corrected chi connectivity index (χ3v) is 10.2. The van der Waals surface area contributed by atoms with Gasteiger partial charge in [0.05, 0.1) is 12.7 Å². The van der Waals surface area contributed by atoms with Crippen LogP contribution in [0.15, 0.2) is 48.5 Å². The first-order valence-corrected chi connectivity index (χ1v) is 17.6. The lowest BCUT2D eigenvalue weighted by molar-refractivity contribution is -0.165. The van der Waals surface area contributed by atoms with Gasteiger partial charge in [0, 0.05) is 32.2 Å². The second-order valence-electron chi connectivity index (χ2n) is 13.3. The van der Waals surface area contributed by atoms with E-state index in [9.17, 15) is 19.5 Å². The average molecular weight is 685 g/mol. The number of ether oxygens (including phenoxy) is 2. The molecule has 0 aromatic heterocycles. The second-order valence-corrected chi connectivity index (χ2v) is 13.3. The van der Waals surface area contributed by atoms with Gasteiger partial charge in [0.25, 0.3) is 5.91 Å². The summed E-state index contributed by atoms with van der Waals surface area (Å²) in [5.41, 5.74) is -0.267. The standard InChI is InChI=1S/C37H52N4O6.ClH/c1-3-4-23-41-35(44)32(33(42)27-12-6-5-7-13-27)39-36(45)37(41)20-24-40(25-21-37)22-10-11-26-46-30-14-8-9-15-31(30)47-29-18-16-28(17-19-29)34(43)38-2;/h8-9,14-19,27,32-33,42H,3-7,10-13,20-26H2,1-2H3,(H,38,43)(H,39,45);1H/t32-,33-;/m1./s1. The summed E-state index contributed by atoms with van der Waals surface area (Å²) in [6, 6.07) is 13.7. The number of aliphatic hydroxyl groups is 1. The molecule has 1 spiro atoms. The van der Waals surface area contributed by atoms with Crippen LogP contribution in [-0.4, -0.2) is 90.1 Å². The van der Waals surface area contributed by atoms with Crippen LogP contribution >= 0.6 is 12.4 Å². The summed E-state index contributed by atoms with van der Waals surface area (Å²) in [5, 5.41) is 16.8. The number of nitrogens with one attached hydrogen (secondary N) is 2. The number of piperazine rings is 1. The number of carbonyl (C=O) groups is 3. The third kappa shape index (κ3) is 8.81. The van der Waals surface area contributed by atoms with Crippen LogP contribution in [0, 0.1) is 5.92 Å². The zero-order valence-electron chi connectivity index (χ0n) is 28.5. The molecule has 0 radical (unpaired) electrons. The lowest BCUT2D eigenvalue weighted by Gasteiger charge is -2.52. The zero-order chi connectivity index (χ0) is 33.2. The van der Waals surface area contributed by atoms with Gasteiger partial charge in [-0.05, 0) is 93.8 Å². The van der Waals surface area contributed by atoms with E-state index in [1.807, 2.05) is 29.2 Å². The normalized spacial score (nSPS) is 20.5. The van der Waals surface area contributed by atoms with Gasteiger partial charge in [-0.3, -0.25) is 14.4 Å². The number of rotatable bonds is 14. The number of aliphatic hydroxyl groups excluding tert-OH is 1. The van der Waals surface area contributed by atoms with E-state index in [1.165, 1.54) is 6.42 Å². The van der Waals surface area contributed by atoms with Gasteiger partial charge in [-0.25, -0.2) is 0 Å². The number of carbonyl (C=O) groups excluding carboxylic acids is 3. The Morgan fingerprint density at radius 2 is 1.67 bits per heavy atom. The van der Waals surface area contributed by atoms with Crippen LogP contribution in [0.5, 0.6) is 17.2 Å². The van der Waals surface area contributed by atoms with Gasteiger partial charge in [-0.2, -0.15) is 0 Å². The molecule has 0 unspecified atom stereocenters. The highest BCUT2D eigenvalue weighted by atomic mass is 35.5. The number of unbranched alkanes of at least 4 members (excludes halogenated alkanes) is 2. The van der Waals surface area contributed by atoms with Crippen LogP contribution in [-0.2, 0) is 9.59 Å². The Bertz CT molecular complexity index is 1340. The highest BCUT2D eigenvalue weighted by Crippen LogP contribution is 2.36. The van der Waals surface area contributed by atoms with Crippen molar-refractivity contribution in [3.8, 4) is 17.2 Å². The van der Waals surface area contributed by atoms with Gasteiger partial charge in [0.2, 0.25) is 11.8 Å². The Balaban J connectivity index is 0.00000520. The average Bonchev–Trinajstić information content (AvgIpc) is 3.11. The molecule has 2 aromatic carbocycles. The number of benzene rings is 2. The fourth-order valence-corrected chi connectivity index (χ4v) is 7.32. The van der Waals surface area contributed by atoms with E-state index < -0.39 is 17.7 Å². The predicted octanol–water partition coefficient (Wildman–Crippen LogP) is 5.32. The molecule has 11 heteroatoms. The van der Waals surface area contributed by atoms with Crippen molar-refractivity contribution < 1.29 is 29.0 Å². The van der Waals surface area contributed by atoms with Crippen molar-refractivity contribution in [2.24, 2.45) is 5.92 Å². The number of likely N-dealkylation sites (tertiary alicyclic amines) is 1. The van der Waals surface area contributed by atoms with Gasteiger partial charge in [0.1, 0.15) is 17.3 Å². The van der Waals surface area contributed by atoms with Crippen molar-refractivity contribution in [3.63, 3.8) is 0 Å². The Kier molecular flexibility index (Phi) is 14.0. The molecule has 5 rings (SSSR count). The fourth-order valence-electron chi connectivity index (χ4n) is 7.32. The van der Waals surface area contributed by atoms with Gasteiger partial charge in [0.15, 0.2) is 11.5 Å². The molecular formula is C37H53ClN4O6. The second kappa shape index (κ2) is 17.9. The quantitative estimate of drug-likeness (QED) is 0.230. The van der Waals surface area contributed by atoms with Crippen LogP contribution in [0.25, 0.3) is 0 Å². The maximum atomic E-state index is 13.9. The topological polar surface area (TPSA) is 120 Å². The Hall–Kier alpha value is -3.34. The van der Waals surface area contributed by atoms with Gasteiger partial charge >= 0.3 is 0 Å². The minimum Gasteiger partial charge on any atom is -0.490 e. The smallest absolute Gasteiger partial charge is 0.251 e. The van der Waals surface area contributed by atoms with E-state index >= 15 is 0 Å². The number of hydrogen-bond acceptors (Lipinski definition) is 7. The van der Waals surface area contributed by atoms with Crippen LogP contribution in [0.1, 0.15) is 87.9 Å². The number of hydrogen-bond donors (Lipinski definition) is 3. The summed E-state index contributed by atoms with van der Waals surface area (Å²) in [5.74, 6) is 1.62. The minimum atomic E-state index is -0.837. The fraction of sp³-hybridized carbons (Fsp3) is 0.595. The van der Waals surface area contributed by atoms with Gasteiger partial charge in [-0.15, -0.1) is 12.4 Å². The summed E-state index contributed by atoms with van der Waals surface area (Å²) >= 11 is 0. The molecule has 264 valence electrons. The molecule has 2 atom stereocenters. The molecular weight excluding hydrogens is 632 g/mol. The van der Waals surface area contributed by atoms with Crippen molar-refractivity contribution in [1.82, 2.24) is 20.4 Å². The van der Waals surface area contributed by atoms with E-state index in [0.717, 1.165) is 71.0 Å². The minimum absolute atomic E-state index is 0. The van der Waals surface area contributed by atoms with E-state index in [1.54, 1.807) is 31.3 Å². The van der Waals surface area contributed by atoms with Crippen molar-refractivity contribution >= 4 is 30.1 Å². The van der Waals surface area contributed by atoms with Gasteiger partial charge < -0.3 is 35.0 Å². The number of piperidine rings is 1. The molecule has 3 aliphatic rings. The summed E-state index contributed by atoms with van der Waals surface area (Å²) in [7, 11) is 1.60. The van der Waals surface area contributed by atoms with Crippen molar-refractivity contribution in [3.05, 3.63) is 54.1 Å². The van der Waals surface area contributed by atoms with Crippen molar-refractivity contribution in [2.45, 2.75) is 95.2 Å². The number of para-hydroxylation sites is 2. The molecule has 3 fully saturated rings. The highest BCUT2D eigenvalue weighted by molar-refractivity contribution is 6.00. The first-order chi connectivity index (χ1) is 22.9. The molecule has 1 saturated carbocycles. The molecule has 2 heterocycles. The van der Waals surface area contributed by atoms with E-state index in [2.05, 4.69) is 22.5 Å². The number of halogens is 1. The van der Waals surface area contributed by atoms with Crippen LogP contribution in [0.4, 0.5) is 0 Å². The van der Waals surface area contributed by atoms with Crippen molar-refractivity contribution in [1.29, 1.82) is 0 Å². The van der Waals surface area contributed by atoms with Crippen molar-refractivity contribution in [2.75, 3.05) is 39.8 Å². The molecule has 10 nitrogen and oxygen atoms in total. The summed E-state index contributed by atoms with van der Waals surface area (Å²) in [6.07, 6.45) is 9.11. The maximum absolute atomic E-state index is 13.9. The first kappa shape index (κ1) is 37.5. The Morgan fingerprint density at radius 1 is 0.979 bits per heavy atom. The monoisotopic (exact) mass is 684 g/mol. The van der Waals surface area contributed by atoms with Gasteiger partial charge in [-0.1, -0.05) is 44.7 Å². The summed E-state index contributed by atoms with van der Waals surface area (Å²) in [4.78, 5) is 43.6. The molecule has 0 bridgehead atoms. The number of nitrogens with zero attached hydrogens (tertiary/aromatic N) is 2. The van der Waals surface area contributed by atoms with Crippen LogP contribution in [0.3, 0.4) is 0 Å². The molecule has 48 heavy (non-hydrogen) atoms. The first-order valence-electron chi connectivity index (χ1n) is 17.6. The molecule has 1 aliphatic carbocycles. The lowest BCUT2D eigenvalue weighted by Crippen LogP contribution is -2.75. The summed E-state index contributed by atoms with van der Waals surface area (Å²) < 4.78 is 12.1. The van der Waals surface area contributed by atoms with Crippen LogP contribution in [0.2, 0.25) is 0 Å². The maximum Gasteiger partial charge on any atom is 0.251 e. The van der Waals surface area contributed by atoms with E-state index in [-0.39, 0.29) is 36.0 Å². The molecule has 3 N–H and O–H groups in total. The highest BCUT2D eigenvalue weighted by Gasteiger charge is 2.55. The molecule has 2 saturated heterocycles. The third-order valence-electron chi connectivity index (χ3n) is 10.2. The molecule has 2 aromatic rings. The number of amides is 3. The Morgan fingerprint density at radius 3 is 2.33 bits per heavy atom. The largest absolute Gasteiger partial charge is 0.490 e. The van der Waals surface area contributed by atoms with E-state index in [4.69, 9.17) is 9.47 Å². The molecule has 2 aliphatic heterocycles. The zero-order valence-corrected chi connectivity index (χ0v) is 29.3. The van der Waals surface area contributed by atoms with Crippen LogP contribution < -0.4 is 20.1 Å². The van der Waals surface area contributed by atoms with E-state index in [0.29, 0.717) is 48.8 Å². The lowest BCUT2D eigenvalue weighted by atomic mass is 9.78. The Labute approximate surface area is 291 Å².